The summed E-state index contributed by atoms with van der Waals surface area (Å²) in [6.45, 7) is 4.47. The Kier molecular flexibility index (Phi) is 9.79. The van der Waals surface area contributed by atoms with E-state index in [1.807, 2.05) is 46.3 Å². The fraction of sp³-hybridized carbons (Fsp3) is 0.185. The lowest BCUT2D eigenvalue weighted by Crippen LogP contribution is -2.16. The highest BCUT2D eigenvalue weighted by Gasteiger charge is 2.23. The van der Waals surface area contributed by atoms with Crippen molar-refractivity contribution < 1.29 is 23.8 Å². The first-order valence-corrected chi connectivity index (χ1v) is 14.3. The van der Waals surface area contributed by atoms with Crippen LogP contribution in [0, 0.1) is 0 Å². The lowest BCUT2D eigenvalue weighted by atomic mass is 10.0. The number of allylic oxidation sites excluding steroid dienone is 1. The maximum Gasteiger partial charge on any atom is 0.341 e. The molecular weight excluding hydrogens is 604 g/mol. The van der Waals surface area contributed by atoms with Crippen LogP contribution in [-0.2, 0) is 22.7 Å². The van der Waals surface area contributed by atoms with E-state index in [2.05, 4.69) is 38.0 Å². The Balaban J connectivity index is 1.44. The van der Waals surface area contributed by atoms with Crippen LogP contribution in [0.4, 0.5) is 5.00 Å². The number of halogens is 1. The first-order valence-electron chi connectivity index (χ1n) is 11.6. The van der Waals surface area contributed by atoms with Gasteiger partial charge in [-0.3, -0.25) is 9.36 Å². The number of hydrogen-bond donors (Lipinski definition) is 1. The van der Waals surface area contributed by atoms with E-state index in [0.29, 0.717) is 45.2 Å². The lowest BCUT2D eigenvalue weighted by Gasteiger charge is -2.10. The summed E-state index contributed by atoms with van der Waals surface area (Å²) in [7, 11) is 2.90. The quantitative estimate of drug-likeness (QED) is 0.115. The van der Waals surface area contributed by atoms with E-state index in [1.165, 1.54) is 30.2 Å². The van der Waals surface area contributed by atoms with E-state index in [0.717, 1.165) is 10.0 Å². The van der Waals surface area contributed by atoms with Gasteiger partial charge in [0.05, 0.1) is 20.0 Å². The van der Waals surface area contributed by atoms with Crippen molar-refractivity contribution in [3.63, 3.8) is 0 Å². The predicted octanol–water partition coefficient (Wildman–Crippen LogP) is 6.06. The number of anilines is 1. The smallest absolute Gasteiger partial charge is 0.341 e. The molecule has 0 saturated heterocycles. The Morgan fingerprint density at radius 2 is 1.82 bits per heavy atom. The monoisotopic (exact) mass is 628 g/mol. The molecule has 1 amide bonds. The zero-order valence-corrected chi connectivity index (χ0v) is 24.4. The topological polar surface area (TPSA) is 105 Å². The number of nitrogens with one attached hydrogen (secondary N) is 1. The summed E-state index contributed by atoms with van der Waals surface area (Å²) >= 11 is 5.89. The first kappa shape index (κ1) is 28.4. The van der Waals surface area contributed by atoms with Crippen LogP contribution in [0.1, 0.15) is 16.2 Å². The van der Waals surface area contributed by atoms with Crippen LogP contribution in [-0.4, -0.2) is 46.6 Å². The SMILES string of the molecule is C=CCn1c(COc2ccc(Br)cc2)nnc1SCC(=O)Nc1scc(-c2ccc(OC)cc2)c1C(=O)OC. The van der Waals surface area contributed by atoms with E-state index in [4.69, 9.17) is 14.2 Å². The Bertz CT molecular complexity index is 1450. The van der Waals surface area contributed by atoms with Gasteiger partial charge in [0, 0.05) is 22.0 Å². The third-order valence-electron chi connectivity index (χ3n) is 5.45. The third-order valence-corrected chi connectivity index (χ3v) is 7.84. The summed E-state index contributed by atoms with van der Waals surface area (Å²) < 4.78 is 18.9. The molecule has 2 heterocycles. The van der Waals surface area contributed by atoms with Crippen LogP contribution >= 0.6 is 39.0 Å². The van der Waals surface area contributed by atoms with E-state index in [9.17, 15) is 9.59 Å². The van der Waals surface area contributed by atoms with Gasteiger partial charge in [-0.05, 0) is 42.0 Å². The number of carbonyl (C=O) groups is 2. The van der Waals surface area contributed by atoms with Crippen LogP contribution < -0.4 is 14.8 Å². The number of thiophene rings is 1. The molecule has 202 valence electrons. The fourth-order valence-corrected chi connectivity index (χ4v) is 5.56. The van der Waals surface area contributed by atoms with Crippen LogP contribution in [0.15, 0.2) is 76.2 Å². The molecule has 0 saturated carbocycles. The number of methoxy groups -OCH3 is 2. The molecule has 0 aliphatic heterocycles. The van der Waals surface area contributed by atoms with Gasteiger partial charge in [0.2, 0.25) is 5.91 Å². The third kappa shape index (κ3) is 7.08. The normalized spacial score (nSPS) is 10.6. The van der Waals surface area contributed by atoms with Gasteiger partial charge in [-0.2, -0.15) is 0 Å². The van der Waals surface area contributed by atoms with Gasteiger partial charge in [-0.25, -0.2) is 4.79 Å². The van der Waals surface area contributed by atoms with Gasteiger partial charge < -0.3 is 19.5 Å². The van der Waals surface area contributed by atoms with Crippen molar-refractivity contribution in [1.82, 2.24) is 14.8 Å². The molecule has 0 spiro atoms. The Labute approximate surface area is 242 Å². The van der Waals surface area contributed by atoms with Gasteiger partial charge in [-0.15, -0.1) is 28.1 Å². The Morgan fingerprint density at radius 3 is 2.49 bits per heavy atom. The molecule has 2 aromatic carbocycles. The van der Waals surface area contributed by atoms with Crippen molar-refractivity contribution in [3.05, 3.63) is 82.4 Å². The number of benzene rings is 2. The highest BCUT2D eigenvalue weighted by molar-refractivity contribution is 9.10. The summed E-state index contributed by atoms with van der Waals surface area (Å²) in [5, 5.41) is 14.1. The fourth-order valence-electron chi connectivity index (χ4n) is 3.55. The minimum absolute atomic E-state index is 0.0548. The number of esters is 1. The molecule has 1 N–H and O–H groups in total. The molecule has 9 nitrogen and oxygen atoms in total. The molecule has 12 heteroatoms. The zero-order chi connectivity index (χ0) is 27.8. The second kappa shape index (κ2) is 13.5. The number of thioether (sulfide) groups is 1. The van der Waals surface area contributed by atoms with Crippen molar-refractivity contribution in [1.29, 1.82) is 0 Å². The van der Waals surface area contributed by atoms with Gasteiger partial charge in [-0.1, -0.05) is 45.9 Å². The van der Waals surface area contributed by atoms with Gasteiger partial charge in [0.15, 0.2) is 11.0 Å². The van der Waals surface area contributed by atoms with Crippen LogP contribution in [0.3, 0.4) is 0 Å². The summed E-state index contributed by atoms with van der Waals surface area (Å²) in [6, 6.07) is 14.8. The van der Waals surface area contributed by atoms with E-state index in [1.54, 1.807) is 25.3 Å². The molecule has 2 aromatic heterocycles. The zero-order valence-electron chi connectivity index (χ0n) is 21.2. The minimum Gasteiger partial charge on any atom is -0.497 e. The molecule has 0 fully saturated rings. The van der Waals surface area contributed by atoms with E-state index >= 15 is 0 Å². The second-order valence-electron chi connectivity index (χ2n) is 7.95. The summed E-state index contributed by atoms with van der Waals surface area (Å²) in [5.74, 6) is 1.23. The summed E-state index contributed by atoms with van der Waals surface area (Å²) in [5.41, 5.74) is 1.77. The average Bonchev–Trinajstić information content (AvgIpc) is 3.55. The van der Waals surface area contributed by atoms with Crippen LogP contribution in [0.25, 0.3) is 11.1 Å². The summed E-state index contributed by atoms with van der Waals surface area (Å²) in [6.07, 6.45) is 1.73. The molecule has 4 rings (SSSR count). The highest BCUT2D eigenvalue weighted by atomic mass is 79.9. The summed E-state index contributed by atoms with van der Waals surface area (Å²) in [4.78, 5) is 25.5. The molecule has 0 bridgehead atoms. The molecule has 39 heavy (non-hydrogen) atoms. The molecule has 0 aliphatic carbocycles. The largest absolute Gasteiger partial charge is 0.497 e. The Morgan fingerprint density at radius 1 is 1.10 bits per heavy atom. The molecule has 0 unspecified atom stereocenters. The van der Waals surface area contributed by atoms with Crippen molar-refractivity contribution >= 4 is 55.9 Å². The van der Waals surface area contributed by atoms with Crippen molar-refractivity contribution in [2.24, 2.45) is 0 Å². The predicted molar refractivity (Wildman–Crippen MR) is 156 cm³/mol. The maximum absolute atomic E-state index is 12.9. The molecule has 0 atom stereocenters. The standard InChI is InChI=1S/C27H25BrN4O5S2/c1-4-13-32-22(14-37-20-11-7-18(28)8-12-20)30-31-27(32)39-16-23(33)29-25-24(26(34)36-3)21(15-38-25)17-5-9-19(35-2)10-6-17/h4-12,15H,1,13-14,16H2,2-3H3,(H,29,33). The molecule has 0 radical (unpaired) electrons. The first-order chi connectivity index (χ1) is 18.9. The van der Waals surface area contributed by atoms with Crippen molar-refractivity contribution in [2.45, 2.75) is 18.3 Å². The number of nitrogens with zero attached hydrogens (tertiary/aromatic N) is 3. The number of carbonyl (C=O) groups excluding carboxylic acids is 2. The number of amides is 1. The van der Waals surface area contributed by atoms with Crippen LogP contribution in [0.5, 0.6) is 11.5 Å². The number of ether oxygens (including phenoxy) is 3. The highest BCUT2D eigenvalue weighted by Crippen LogP contribution is 2.37. The van der Waals surface area contributed by atoms with Gasteiger partial charge >= 0.3 is 5.97 Å². The maximum atomic E-state index is 12.9. The van der Waals surface area contributed by atoms with Crippen molar-refractivity contribution in [2.75, 3.05) is 25.3 Å². The Hall–Kier alpha value is -3.61. The van der Waals surface area contributed by atoms with E-state index in [-0.39, 0.29) is 18.3 Å². The molecular formula is C27H25BrN4O5S2. The van der Waals surface area contributed by atoms with Crippen molar-refractivity contribution in [3.8, 4) is 22.6 Å². The van der Waals surface area contributed by atoms with Gasteiger partial charge in [0.25, 0.3) is 0 Å². The number of aromatic nitrogens is 3. The van der Waals surface area contributed by atoms with Gasteiger partial charge in [0.1, 0.15) is 28.7 Å². The van der Waals surface area contributed by atoms with E-state index < -0.39 is 5.97 Å². The molecule has 4 aromatic rings. The minimum atomic E-state index is -0.536. The second-order valence-corrected chi connectivity index (χ2v) is 10.7. The molecule has 0 aliphatic rings. The van der Waals surface area contributed by atoms with Crippen LogP contribution in [0.2, 0.25) is 0 Å². The number of rotatable bonds is 12. The average molecular weight is 630 g/mol. The number of hydrogen-bond acceptors (Lipinski definition) is 9. The lowest BCUT2D eigenvalue weighted by molar-refractivity contribution is -0.113.